The van der Waals surface area contributed by atoms with E-state index in [1.54, 1.807) is 4.68 Å². The highest BCUT2D eigenvalue weighted by Crippen LogP contribution is 2.31. The molecular weight excluding hydrogens is 376 g/mol. The molecule has 7 heteroatoms. The Bertz CT molecular complexity index is 1050. The van der Waals surface area contributed by atoms with Crippen molar-refractivity contribution in [1.82, 2.24) is 29.9 Å². The van der Waals surface area contributed by atoms with Crippen molar-refractivity contribution in [2.45, 2.75) is 51.0 Å². The number of ketones is 1. The van der Waals surface area contributed by atoms with Crippen LogP contribution in [0.25, 0.3) is 22.3 Å². The van der Waals surface area contributed by atoms with Gasteiger partial charge in [-0.05, 0) is 69.8 Å². The molecule has 0 atom stereocenters. The quantitative estimate of drug-likeness (QED) is 0.650. The molecule has 0 N–H and O–H groups in total. The Hall–Kier alpha value is -2.67. The van der Waals surface area contributed by atoms with Gasteiger partial charge in [0.1, 0.15) is 11.5 Å². The number of fused-ring (bicyclic) bond motifs is 1. The number of carbonyl (C=O) groups excluding carboxylic acids is 1. The maximum atomic E-state index is 12.9. The lowest BCUT2D eigenvalue weighted by Crippen LogP contribution is -2.37. The molecule has 1 aliphatic carbocycles. The highest BCUT2D eigenvalue weighted by Gasteiger charge is 2.30. The average molecular weight is 405 g/mol. The summed E-state index contributed by atoms with van der Waals surface area (Å²) in [7, 11) is 1.84. The zero-order valence-electron chi connectivity index (χ0n) is 17.5. The smallest absolute Gasteiger partial charge is 0.141 e. The fraction of sp³-hybridized carbons (Fsp3) is 0.522. The average Bonchev–Trinajstić information content (AvgIpc) is 3.45. The maximum Gasteiger partial charge on any atom is 0.141 e. The summed E-state index contributed by atoms with van der Waals surface area (Å²) in [5.74, 6) is 0.507. The number of hydrogen-bond donors (Lipinski definition) is 0. The lowest BCUT2D eigenvalue weighted by atomic mass is 9.82. The van der Waals surface area contributed by atoms with Crippen molar-refractivity contribution in [2.75, 3.05) is 13.1 Å². The van der Waals surface area contributed by atoms with E-state index in [1.165, 1.54) is 25.9 Å². The normalized spacial score (nSPS) is 22.6. The van der Waals surface area contributed by atoms with Gasteiger partial charge in [0.25, 0.3) is 0 Å². The van der Waals surface area contributed by atoms with Crippen molar-refractivity contribution in [2.24, 2.45) is 13.0 Å². The van der Waals surface area contributed by atoms with E-state index >= 15 is 0 Å². The number of Topliss-reactive ketones (excluding diaryl/α,β-unsaturated/α-hetero) is 1. The Morgan fingerprint density at radius 3 is 2.63 bits per heavy atom. The van der Waals surface area contributed by atoms with Crippen molar-refractivity contribution in [3.8, 4) is 11.4 Å². The number of rotatable bonds is 5. The second-order valence-corrected chi connectivity index (χ2v) is 8.73. The topological polar surface area (TPSA) is 76.8 Å². The minimum atomic E-state index is 0.181. The van der Waals surface area contributed by atoms with E-state index in [-0.39, 0.29) is 5.92 Å². The van der Waals surface area contributed by atoms with Crippen molar-refractivity contribution in [3.05, 3.63) is 36.3 Å². The van der Waals surface area contributed by atoms with Gasteiger partial charge in [-0.3, -0.25) is 14.5 Å². The van der Waals surface area contributed by atoms with Crippen LogP contribution >= 0.6 is 0 Å². The van der Waals surface area contributed by atoms with Gasteiger partial charge in [0.05, 0.1) is 17.4 Å². The second kappa shape index (κ2) is 8.22. The fourth-order valence-corrected chi connectivity index (χ4v) is 4.95. The third-order valence-corrected chi connectivity index (χ3v) is 6.66. The van der Waals surface area contributed by atoms with E-state index in [2.05, 4.69) is 20.2 Å². The van der Waals surface area contributed by atoms with Gasteiger partial charge in [-0.2, -0.15) is 0 Å². The summed E-state index contributed by atoms with van der Waals surface area (Å²) < 4.78 is 1.66. The van der Waals surface area contributed by atoms with E-state index in [0.717, 1.165) is 53.7 Å². The molecule has 0 aromatic carbocycles. The first-order chi connectivity index (χ1) is 14.7. The lowest BCUT2D eigenvalue weighted by Gasteiger charge is -2.34. The monoisotopic (exact) mass is 404 g/mol. The minimum absolute atomic E-state index is 0.181. The van der Waals surface area contributed by atoms with Crippen LogP contribution in [0, 0.1) is 5.92 Å². The third kappa shape index (κ3) is 3.99. The fourth-order valence-electron chi connectivity index (χ4n) is 4.95. The standard InChI is InChI=1S/C23H28N6O/c1-28-15-22(26-27-28)20-9-6-17-14-24-18(12-21(17)25-20)13-23(30)16-4-7-19(8-5-16)29-10-2-3-11-29/h6,9,12,14-16,19H,2-5,7-8,10-11,13H2,1H3. The van der Waals surface area contributed by atoms with Gasteiger partial charge < -0.3 is 4.90 Å². The predicted octanol–water partition coefficient (Wildman–Crippen LogP) is 3.19. The Kier molecular flexibility index (Phi) is 5.29. The molecule has 2 aliphatic rings. The molecule has 3 aromatic rings. The molecule has 1 saturated carbocycles. The first kappa shape index (κ1) is 19.3. The van der Waals surface area contributed by atoms with Crippen molar-refractivity contribution in [1.29, 1.82) is 0 Å². The largest absolute Gasteiger partial charge is 0.300 e. The van der Waals surface area contributed by atoms with Crippen LogP contribution in [0.4, 0.5) is 0 Å². The molecule has 0 bridgehead atoms. The SMILES string of the molecule is Cn1cc(-c2ccc3cnc(CC(=O)C4CCC(N5CCCC5)CC4)cc3n2)nn1. The number of nitrogens with zero attached hydrogens (tertiary/aromatic N) is 6. The van der Waals surface area contributed by atoms with Crippen molar-refractivity contribution in [3.63, 3.8) is 0 Å². The Morgan fingerprint density at radius 2 is 1.90 bits per heavy atom. The lowest BCUT2D eigenvalue weighted by molar-refractivity contribution is -0.123. The molecule has 30 heavy (non-hydrogen) atoms. The number of likely N-dealkylation sites (tertiary alicyclic amines) is 1. The van der Waals surface area contributed by atoms with Crippen LogP contribution in [0.15, 0.2) is 30.6 Å². The summed E-state index contributed by atoms with van der Waals surface area (Å²) in [6.07, 6.45) is 11.1. The zero-order valence-corrected chi connectivity index (χ0v) is 17.5. The van der Waals surface area contributed by atoms with Crippen LogP contribution < -0.4 is 0 Å². The van der Waals surface area contributed by atoms with Crippen LogP contribution in [0.3, 0.4) is 0 Å². The van der Waals surface area contributed by atoms with Gasteiger partial charge in [-0.25, -0.2) is 4.98 Å². The van der Waals surface area contributed by atoms with Gasteiger partial charge >= 0.3 is 0 Å². The van der Waals surface area contributed by atoms with Gasteiger partial charge in [-0.15, -0.1) is 5.10 Å². The maximum absolute atomic E-state index is 12.9. The van der Waals surface area contributed by atoms with Crippen molar-refractivity contribution >= 4 is 16.7 Å². The highest BCUT2D eigenvalue weighted by molar-refractivity contribution is 5.85. The minimum Gasteiger partial charge on any atom is -0.300 e. The number of hydrogen-bond acceptors (Lipinski definition) is 6. The van der Waals surface area contributed by atoms with Gasteiger partial charge in [0.2, 0.25) is 0 Å². The highest BCUT2D eigenvalue weighted by atomic mass is 16.1. The molecule has 1 aliphatic heterocycles. The van der Waals surface area contributed by atoms with Crippen LogP contribution in [0.2, 0.25) is 0 Å². The van der Waals surface area contributed by atoms with Gasteiger partial charge in [0.15, 0.2) is 0 Å². The summed E-state index contributed by atoms with van der Waals surface area (Å²) in [6.45, 7) is 2.49. The molecule has 1 saturated heterocycles. The van der Waals surface area contributed by atoms with Gasteiger partial charge in [-0.1, -0.05) is 5.21 Å². The molecule has 0 amide bonds. The number of aryl methyl sites for hydroxylation is 1. The first-order valence-electron chi connectivity index (χ1n) is 11.0. The van der Waals surface area contributed by atoms with Crippen molar-refractivity contribution < 1.29 is 4.79 Å². The van der Waals surface area contributed by atoms with Crippen LogP contribution in [0.5, 0.6) is 0 Å². The van der Waals surface area contributed by atoms with E-state index in [4.69, 9.17) is 4.98 Å². The summed E-state index contributed by atoms with van der Waals surface area (Å²) in [5, 5.41) is 9.08. The molecule has 0 radical (unpaired) electrons. The Labute approximate surface area is 176 Å². The summed E-state index contributed by atoms with van der Waals surface area (Å²) in [5.41, 5.74) is 3.16. The molecule has 4 heterocycles. The second-order valence-electron chi connectivity index (χ2n) is 8.73. The molecule has 7 nitrogen and oxygen atoms in total. The third-order valence-electron chi connectivity index (χ3n) is 6.66. The number of aromatic nitrogens is 5. The first-order valence-corrected chi connectivity index (χ1v) is 11.0. The van der Waals surface area contributed by atoms with Crippen LogP contribution in [-0.2, 0) is 18.3 Å². The summed E-state index contributed by atoms with van der Waals surface area (Å²) >= 11 is 0. The summed E-state index contributed by atoms with van der Waals surface area (Å²) in [4.78, 5) is 24.8. The predicted molar refractivity (Wildman–Crippen MR) is 115 cm³/mol. The Balaban J connectivity index is 1.26. The molecule has 156 valence electrons. The van der Waals surface area contributed by atoms with Crippen LogP contribution in [-0.4, -0.2) is 54.8 Å². The molecule has 0 spiro atoms. The summed E-state index contributed by atoms with van der Waals surface area (Å²) in [6, 6.07) is 6.56. The molecule has 0 unspecified atom stereocenters. The molecule has 2 fully saturated rings. The molecular formula is C23H28N6O. The number of carbonyl (C=O) groups is 1. The van der Waals surface area contributed by atoms with E-state index < -0.39 is 0 Å². The van der Waals surface area contributed by atoms with Gasteiger partial charge in [0, 0.05) is 42.7 Å². The molecule has 3 aromatic heterocycles. The van der Waals surface area contributed by atoms with Crippen LogP contribution in [0.1, 0.15) is 44.2 Å². The van der Waals surface area contributed by atoms with E-state index in [9.17, 15) is 4.79 Å². The zero-order chi connectivity index (χ0) is 20.5. The van der Waals surface area contributed by atoms with E-state index in [1.807, 2.05) is 37.6 Å². The van der Waals surface area contributed by atoms with E-state index in [0.29, 0.717) is 18.2 Å². The molecule has 5 rings (SSSR count). The number of pyridine rings is 2. The Morgan fingerprint density at radius 1 is 1.10 bits per heavy atom.